The number of fused-ring (bicyclic) bond motifs is 1. The van der Waals surface area contributed by atoms with Gasteiger partial charge in [-0.2, -0.15) is 8.61 Å². The first-order valence-corrected chi connectivity index (χ1v) is 15.3. The summed E-state index contributed by atoms with van der Waals surface area (Å²) in [6.45, 7) is 7.00. The van der Waals surface area contributed by atoms with Gasteiger partial charge in [0, 0.05) is 37.5 Å². The molecule has 2 aromatic rings. The molecule has 0 unspecified atom stereocenters. The SMILES string of the molecule is CC(C)CC#Cc1ccc2c(c1)O[C@H](CN(C)S(=O)(=O)c1ccc(F)cc1)[C@H](C)CN([C@H](C)CO)S2(=O)=O. The van der Waals surface area contributed by atoms with E-state index in [4.69, 9.17) is 4.74 Å². The van der Waals surface area contributed by atoms with Crippen LogP contribution < -0.4 is 4.74 Å². The van der Waals surface area contributed by atoms with E-state index in [2.05, 4.69) is 11.8 Å². The summed E-state index contributed by atoms with van der Waals surface area (Å²) < 4.78 is 75.5. The normalized spacial score (nSPS) is 20.6. The molecule has 0 bridgehead atoms. The van der Waals surface area contributed by atoms with Gasteiger partial charge in [-0.05, 0) is 55.3 Å². The van der Waals surface area contributed by atoms with Crippen molar-refractivity contribution >= 4 is 20.0 Å². The summed E-state index contributed by atoms with van der Waals surface area (Å²) in [6, 6.07) is 8.44. The molecule has 1 heterocycles. The van der Waals surface area contributed by atoms with Crippen LogP contribution in [0, 0.1) is 29.5 Å². The number of aliphatic hydroxyl groups is 1. The molecule has 0 amide bonds. The van der Waals surface area contributed by atoms with Gasteiger partial charge in [0.25, 0.3) is 0 Å². The van der Waals surface area contributed by atoms with Crippen molar-refractivity contribution in [2.75, 3.05) is 26.7 Å². The fourth-order valence-electron chi connectivity index (χ4n) is 4.02. The molecule has 2 aromatic carbocycles. The van der Waals surface area contributed by atoms with Crippen molar-refractivity contribution in [3.63, 3.8) is 0 Å². The number of likely N-dealkylation sites (N-methyl/N-ethyl adjacent to an activating group) is 1. The van der Waals surface area contributed by atoms with Gasteiger partial charge in [0.1, 0.15) is 22.6 Å². The number of sulfonamides is 2. The Balaban J connectivity index is 2.04. The highest BCUT2D eigenvalue weighted by Gasteiger charge is 2.39. The number of halogens is 1. The number of rotatable bonds is 7. The van der Waals surface area contributed by atoms with Crippen molar-refractivity contribution in [2.24, 2.45) is 11.8 Å². The van der Waals surface area contributed by atoms with Crippen LogP contribution in [0.2, 0.25) is 0 Å². The average Bonchev–Trinajstić information content (AvgIpc) is 2.85. The molecule has 8 nitrogen and oxygen atoms in total. The lowest BCUT2D eigenvalue weighted by atomic mass is 10.0. The maximum absolute atomic E-state index is 13.6. The highest BCUT2D eigenvalue weighted by atomic mass is 32.2. The zero-order chi connectivity index (χ0) is 28.3. The van der Waals surface area contributed by atoms with E-state index < -0.39 is 43.9 Å². The summed E-state index contributed by atoms with van der Waals surface area (Å²) in [7, 11) is -6.61. The largest absolute Gasteiger partial charge is 0.487 e. The molecular weight excluding hydrogens is 531 g/mol. The third-order valence-electron chi connectivity index (χ3n) is 6.37. The third kappa shape index (κ3) is 6.74. The minimum absolute atomic E-state index is 0.00848. The van der Waals surface area contributed by atoms with Crippen LogP contribution in [0.5, 0.6) is 5.75 Å². The highest BCUT2D eigenvalue weighted by Crippen LogP contribution is 2.34. The van der Waals surface area contributed by atoms with Crippen molar-refractivity contribution in [2.45, 2.75) is 56.1 Å². The van der Waals surface area contributed by atoms with E-state index in [1.165, 1.54) is 29.6 Å². The zero-order valence-corrected chi connectivity index (χ0v) is 23.9. The first kappa shape index (κ1) is 30.1. The van der Waals surface area contributed by atoms with Gasteiger partial charge in [0.2, 0.25) is 20.0 Å². The Morgan fingerprint density at radius 1 is 1.18 bits per heavy atom. The average molecular weight is 567 g/mol. The topological polar surface area (TPSA) is 104 Å². The van der Waals surface area contributed by atoms with Gasteiger partial charge in [-0.3, -0.25) is 0 Å². The Hall–Kier alpha value is -2.49. The summed E-state index contributed by atoms with van der Waals surface area (Å²) >= 11 is 0. The van der Waals surface area contributed by atoms with Gasteiger partial charge >= 0.3 is 0 Å². The Morgan fingerprint density at radius 3 is 2.45 bits per heavy atom. The Kier molecular flexibility index (Phi) is 9.60. The van der Waals surface area contributed by atoms with Crippen molar-refractivity contribution in [3.05, 3.63) is 53.8 Å². The number of nitrogens with zero attached hydrogens (tertiary/aromatic N) is 2. The number of benzene rings is 2. The van der Waals surface area contributed by atoms with Gasteiger partial charge in [-0.1, -0.05) is 32.6 Å². The predicted octanol–water partition coefficient (Wildman–Crippen LogP) is 3.31. The fourth-order valence-corrected chi connectivity index (χ4v) is 7.03. The molecule has 0 fully saturated rings. The molecule has 208 valence electrons. The van der Waals surface area contributed by atoms with Gasteiger partial charge in [0.05, 0.1) is 18.0 Å². The Bertz CT molecular complexity index is 1400. The number of hydrogen-bond acceptors (Lipinski definition) is 6. The van der Waals surface area contributed by atoms with E-state index in [9.17, 15) is 26.3 Å². The van der Waals surface area contributed by atoms with Crippen LogP contribution in [0.25, 0.3) is 0 Å². The number of hydrogen-bond donors (Lipinski definition) is 1. The summed E-state index contributed by atoms with van der Waals surface area (Å²) in [5, 5.41) is 9.80. The van der Waals surface area contributed by atoms with Crippen LogP contribution in [0.15, 0.2) is 52.3 Å². The number of aliphatic hydroxyl groups excluding tert-OH is 1. The minimum atomic E-state index is -4.03. The molecule has 0 saturated heterocycles. The smallest absolute Gasteiger partial charge is 0.247 e. The molecule has 0 aromatic heterocycles. The van der Waals surface area contributed by atoms with Crippen LogP contribution in [-0.2, 0) is 20.0 Å². The second-order valence-electron chi connectivity index (χ2n) is 10.0. The van der Waals surface area contributed by atoms with E-state index in [1.54, 1.807) is 26.0 Å². The van der Waals surface area contributed by atoms with Crippen LogP contribution >= 0.6 is 0 Å². The monoisotopic (exact) mass is 566 g/mol. The second kappa shape index (κ2) is 12.1. The van der Waals surface area contributed by atoms with E-state index >= 15 is 0 Å². The van der Waals surface area contributed by atoms with Gasteiger partial charge in [-0.15, -0.1) is 0 Å². The van der Waals surface area contributed by atoms with E-state index in [-0.39, 0.29) is 35.2 Å². The summed E-state index contributed by atoms with van der Waals surface area (Å²) in [4.78, 5) is -0.144. The van der Waals surface area contributed by atoms with Crippen molar-refractivity contribution in [1.29, 1.82) is 0 Å². The molecule has 0 radical (unpaired) electrons. The highest BCUT2D eigenvalue weighted by molar-refractivity contribution is 7.89. The molecule has 0 aliphatic carbocycles. The van der Waals surface area contributed by atoms with Gasteiger partial charge < -0.3 is 9.84 Å². The fraction of sp³-hybridized carbons (Fsp3) is 0.481. The van der Waals surface area contributed by atoms with Crippen LogP contribution in [-0.4, -0.2) is 69.4 Å². The van der Waals surface area contributed by atoms with E-state index in [0.717, 1.165) is 16.4 Å². The molecule has 11 heteroatoms. The lowest BCUT2D eigenvalue weighted by Gasteiger charge is -2.37. The molecular formula is C27H35FN2O6S2. The zero-order valence-electron chi connectivity index (χ0n) is 22.3. The van der Waals surface area contributed by atoms with Crippen LogP contribution in [0.1, 0.15) is 39.7 Å². The molecule has 3 rings (SSSR count). The third-order valence-corrected chi connectivity index (χ3v) is 10.2. The van der Waals surface area contributed by atoms with Crippen LogP contribution in [0.4, 0.5) is 4.39 Å². The van der Waals surface area contributed by atoms with Crippen molar-refractivity contribution in [1.82, 2.24) is 8.61 Å². The first-order valence-electron chi connectivity index (χ1n) is 12.4. The molecule has 1 N–H and O–H groups in total. The molecule has 38 heavy (non-hydrogen) atoms. The molecule has 1 aliphatic heterocycles. The Morgan fingerprint density at radius 2 is 1.84 bits per heavy atom. The van der Waals surface area contributed by atoms with E-state index in [0.29, 0.717) is 17.9 Å². The second-order valence-corrected chi connectivity index (χ2v) is 13.9. The molecule has 3 atom stereocenters. The molecule has 0 saturated carbocycles. The van der Waals surface area contributed by atoms with Gasteiger partial charge in [-0.25, -0.2) is 21.2 Å². The predicted molar refractivity (Wildman–Crippen MR) is 143 cm³/mol. The lowest BCUT2D eigenvalue weighted by Crippen LogP contribution is -2.50. The standard InChI is InChI=1S/C27H35FN2O6S2/c1-19(2)7-6-8-22-9-14-27-25(15-22)36-26(20(3)16-30(21(4)18-31)38(27,34)35)17-29(5)37(32,33)24-12-10-23(28)11-13-24/h9-15,19-21,26,31H,7,16-18H2,1-5H3/t20-,21-,26-/m1/s1. The lowest BCUT2D eigenvalue weighted by molar-refractivity contribution is 0.0904. The minimum Gasteiger partial charge on any atom is -0.487 e. The first-order chi connectivity index (χ1) is 17.8. The van der Waals surface area contributed by atoms with E-state index in [1.807, 2.05) is 13.8 Å². The molecule has 1 aliphatic rings. The maximum atomic E-state index is 13.6. The maximum Gasteiger partial charge on any atom is 0.247 e. The van der Waals surface area contributed by atoms with Crippen molar-refractivity contribution < 1.29 is 31.1 Å². The summed E-state index contributed by atoms with van der Waals surface area (Å²) in [6.07, 6.45) is -0.0688. The summed E-state index contributed by atoms with van der Waals surface area (Å²) in [5.74, 6) is 5.56. The Labute approximate surface area is 225 Å². The van der Waals surface area contributed by atoms with Crippen molar-refractivity contribution in [3.8, 4) is 17.6 Å². The summed E-state index contributed by atoms with van der Waals surface area (Å²) in [5.41, 5.74) is 0.570. The van der Waals surface area contributed by atoms with Crippen LogP contribution in [0.3, 0.4) is 0 Å². The number of ether oxygens (including phenoxy) is 1. The molecule has 0 spiro atoms. The quantitative estimate of drug-likeness (QED) is 0.516. The van der Waals surface area contributed by atoms with Gasteiger partial charge in [0.15, 0.2) is 0 Å².